The SMILES string of the molecule is CCCCC(CC)C(Cc1nc2ccccc2s1)NN. The maximum Gasteiger partial charge on any atom is 0.0954 e. The Morgan fingerprint density at radius 1 is 1.30 bits per heavy atom. The van der Waals surface area contributed by atoms with Gasteiger partial charge in [0, 0.05) is 12.5 Å². The van der Waals surface area contributed by atoms with Gasteiger partial charge in [-0.15, -0.1) is 11.3 Å². The van der Waals surface area contributed by atoms with Crippen LogP contribution in [0.1, 0.15) is 44.5 Å². The lowest BCUT2D eigenvalue weighted by Crippen LogP contribution is -2.42. The van der Waals surface area contributed by atoms with Crippen LogP contribution in [0.3, 0.4) is 0 Å². The minimum absolute atomic E-state index is 0.326. The molecule has 0 amide bonds. The number of hydrazine groups is 1. The van der Waals surface area contributed by atoms with E-state index in [2.05, 4.69) is 37.5 Å². The molecule has 20 heavy (non-hydrogen) atoms. The number of para-hydroxylation sites is 1. The van der Waals surface area contributed by atoms with Crippen molar-refractivity contribution in [3.63, 3.8) is 0 Å². The summed E-state index contributed by atoms with van der Waals surface area (Å²) in [7, 11) is 0. The fourth-order valence-corrected chi connectivity index (χ4v) is 3.74. The largest absolute Gasteiger partial charge is 0.271 e. The van der Waals surface area contributed by atoms with Crippen molar-refractivity contribution in [2.45, 2.75) is 52.0 Å². The van der Waals surface area contributed by atoms with E-state index in [1.807, 2.05) is 6.07 Å². The number of nitrogens with two attached hydrogens (primary N) is 1. The van der Waals surface area contributed by atoms with Crippen molar-refractivity contribution in [3.05, 3.63) is 29.3 Å². The Balaban J connectivity index is 2.07. The van der Waals surface area contributed by atoms with E-state index in [-0.39, 0.29) is 0 Å². The lowest BCUT2D eigenvalue weighted by atomic mass is 9.90. The van der Waals surface area contributed by atoms with E-state index in [1.54, 1.807) is 11.3 Å². The van der Waals surface area contributed by atoms with E-state index in [4.69, 9.17) is 10.8 Å². The van der Waals surface area contributed by atoms with Crippen LogP contribution in [0.25, 0.3) is 10.2 Å². The van der Waals surface area contributed by atoms with Gasteiger partial charge in [0.2, 0.25) is 0 Å². The van der Waals surface area contributed by atoms with Gasteiger partial charge >= 0.3 is 0 Å². The summed E-state index contributed by atoms with van der Waals surface area (Å²) in [4.78, 5) is 4.72. The van der Waals surface area contributed by atoms with Gasteiger partial charge in [-0.1, -0.05) is 45.2 Å². The fourth-order valence-electron chi connectivity index (χ4n) is 2.71. The first kappa shape index (κ1) is 15.4. The van der Waals surface area contributed by atoms with E-state index < -0.39 is 0 Å². The molecule has 4 heteroatoms. The van der Waals surface area contributed by atoms with Crippen LogP contribution in [0.15, 0.2) is 24.3 Å². The van der Waals surface area contributed by atoms with Crippen molar-refractivity contribution in [3.8, 4) is 0 Å². The second-order valence-corrected chi connectivity index (χ2v) is 6.48. The van der Waals surface area contributed by atoms with Crippen molar-refractivity contribution in [2.24, 2.45) is 11.8 Å². The number of aromatic nitrogens is 1. The molecular weight excluding hydrogens is 266 g/mol. The third-order valence-electron chi connectivity index (χ3n) is 3.97. The van der Waals surface area contributed by atoms with E-state index >= 15 is 0 Å². The molecule has 1 aromatic carbocycles. The Kier molecular flexibility index (Phi) is 5.95. The number of fused-ring (bicyclic) bond motifs is 1. The van der Waals surface area contributed by atoms with Crippen LogP contribution in [0.4, 0.5) is 0 Å². The third kappa shape index (κ3) is 3.78. The molecule has 0 radical (unpaired) electrons. The highest BCUT2D eigenvalue weighted by molar-refractivity contribution is 7.18. The average molecular weight is 291 g/mol. The average Bonchev–Trinajstić information content (AvgIpc) is 2.89. The lowest BCUT2D eigenvalue weighted by Gasteiger charge is -2.24. The molecule has 2 atom stereocenters. The standard InChI is InChI=1S/C16H25N3S/c1-3-5-8-12(4-2)14(19-17)11-16-18-13-9-6-7-10-15(13)20-16/h6-7,9-10,12,14,19H,3-5,8,11,17H2,1-2H3. The number of hydrogen-bond acceptors (Lipinski definition) is 4. The first-order chi connectivity index (χ1) is 9.78. The molecule has 1 aromatic heterocycles. The maximum absolute atomic E-state index is 5.79. The molecule has 0 saturated heterocycles. The first-order valence-corrected chi connectivity index (χ1v) is 8.40. The minimum Gasteiger partial charge on any atom is -0.271 e. The molecule has 2 rings (SSSR count). The number of nitrogens with one attached hydrogen (secondary N) is 1. The van der Waals surface area contributed by atoms with Gasteiger partial charge < -0.3 is 0 Å². The van der Waals surface area contributed by atoms with Gasteiger partial charge in [-0.25, -0.2) is 4.98 Å². The molecule has 1 heterocycles. The Bertz CT molecular complexity index is 490. The zero-order valence-corrected chi connectivity index (χ0v) is 13.2. The quantitative estimate of drug-likeness (QED) is 0.573. The molecule has 0 spiro atoms. The van der Waals surface area contributed by atoms with E-state index in [0.717, 1.165) is 11.9 Å². The third-order valence-corrected chi connectivity index (χ3v) is 5.03. The van der Waals surface area contributed by atoms with Crippen molar-refractivity contribution >= 4 is 21.6 Å². The van der Waals surface area contributed by atoms with Gasteiger partial charge in [-0.2, -0.15) is 0 Å². The Hall–Kier alpha value is -0.970. The van der Waals surface area contributed by atoms with Crippen LogP contribution in [-0.4, -0.2) is 11.0 Å². The van der Waals surface area contributed by atoms with E-state index in [9.17, 15) is 0 Å². The van der Waals surface area contributed by atoms with Crippen molar-refractivity contribution in [2.75, 3.05) is 0 Å². The normalized spacial score (nSPS) is 14.6. The topological polar surface area (TPSA) is 50.9 Å². The van der Waals surface area contributed by atoms with Crippen LogP contribution in [0, 0.1) is 5.92 Å². The number of rotatable bonds is 8. The summed E-state index contributed by atoms with van der Waals surface area (Å²) >= 11 is 1.79. The highest BCUT2D eigenvalue weighted by Gasteiger charge is 2.20. The van der Waals surface area contributed by atoms with Crippen LogP contribution in [0.2, 0.25) is 0 Å². The Morgan fingerprint density at radius 2 is 2.10 bits per heavy atom. The molecule has 0 bridgehead atoms. The fraction of sp³-hybridized carbons (Fsp3) is 0.562. The lowest BCUT2D eigenvalue weighted by molar-refractivity contribution is 0.318. The number of thiazole rings is 1. The second-order valence-electron chi connectivity index (χ2n) is 5.36. The molecule has 3 N–H and O–H groups in total. The molecule has 110 valence electrons. The van der Waals surface area contributed by atoms with Crippen molar-refractivity contribution in [1.82, 2.24) is 10.4 Å². The summed E-state index contributed by atoms with van der Waals surface area (Å²) in [5, 5.41) is 1.18. The monoisotopic (exact) mass is 291 g/mol. The number of hydrogen-bond donors (Lipinski definition) is 2. The van der Waals surface area contributed by atoms with E-state index in [1.165, 1.54) is 35.4 Å². The highest BCUT2D eigenvalue weighted by atomic mass is 32.1. The minimum atomic E-state index is 0.326. The van der Waals surface area contributed by atoms with Gasteiger partial charge in [0.15, 0.2) is 0 Å². The molecule has 2 aromatic rings. The van der Waals surface area contributed by atoms with Gasteiger partial charge in [0.1, 0.15) is 0 Å². The number of nitrogens with zero attached hydrogens (tertiary/aromatic N) is 1. The molecule has 0 saturated carbocycles. The number of benzene rings is 1. The highest BCUT2D eigenvalue weighted by Crippen LogP contribution is 2.25. The summed E-state index contributed by atoms with van der Waals surface area (Å²) in [5.41, 5.74) is 4.12. The van der Waals surface area contributed by atoms with Crippen LogP contribution in [0.5, 0.6) is 0 Å². The molecule has 0 fully saturated rings. The predicted octanol–water partition coefficient (Wildman–Crippen LogP) is 3.89. The van der Waals surface area contributed by atoms with Gasteiger partial charge in [-0.05, 0) is 24.5 Å². The van der Waals surface area contributed by atoms with Gasteiger partial charge in [0.05, 0.1) is 15.2 Å². The van der Waals surface area contributed by atoms with Crippen LogP contribution >= 0.6 is 11.3 Å². The van der Waals surface area contributed by atoms with Gasteiger partial charge in [-0.3, -0.25) is 11.3 Å². The summed E-state index contributed by atoms with van der Waals surface area (Å²) < 4.78 is 1.26. The molecule has 0 aliphatic heterocycles. The number of unbranched alkanes of at least 4 members (excludes halogenated alkanes) is 1. The Labute approximate surface area is 125 Å². The molecular formula is C16H25N3S. The summed E-state index contributed by atoms with van der Waals surface area (Å²) in [6.45, 7) is 4.49. The van der Waals surface area contributed by atoms with Crippen LogP contribution in [-0.2, 0) is 6.42 Å². The maximum atomic E-state index is 5.79. The Morgan fingerprint density at radius 3 is 2.75 bits per heavy atom. The summed E-state index contributed by atoms with van der Waals surface area (Å²) in [6, 6.07) is 8.65. The smallest absolute Gasteiger partial charge is 0.0954 e. The van der Waals surface area contributed by atoms with E-state index in [0.29, 0.717) is 12.0 Å². The van der Waals surface area contributed by atoms with Crippen molar-refractivity contribution in [1.29, 1.82) is 0 Å². The zero-order valence-electron chi connectivity index (χ0n) is 12.4. The predicted molar refractivity (Wildman–Crippen MR) is 87.7 cm³/mol. The summed E-state index contributed by atoms with van der Waals surface area (Å²) in [6.07, 6.45) is 5.86. The molecule has 0 aliphatic rings. The van der Waals surface area contributed by atoms with Crippen LogP contribution < -0.4 is 11.3 Å². The molecule has 2 unspecified atom stereocenters. The second kappa shape index (κ2) is 7.72. The van der Waals surface area contributed by atoms with Gasteiger partial charge in [0.25, 0.3) is 0 Å². The zero-order chi connectivity index (χ0) is 14.4. The molecule has 3 nitrogen and oxygen atoms in total. The van der Waals surface area contributed by atoms with Crippen molar-refractivity contribution < 1.29 is 0 Å². The summed E-state index contributed by atoms with van der Waals surface area (Å²) in [5.74, 6) is 6.42. The molecule has 0 aliphatic carbocycles. The first-order valence-electron chi connectivity index (χ1n) is 7.59.